The summed E-state index contributed by atoms with van der Waals surface area (Å²) >= 11 is 0. The Balaban J connectivity index is 1.54. The fourth-order valence-electron chi connectivity index (χ4n) is 4.33. The number of amides is 1. The molecule has 1 amide bonds. The van der Waals surface area contributed by atoms with Gasteiger partial charge in [0.15, 0.2) is 0 Å². The molecule has 1 aliphatic carbocycles. The second-order valence-electron chi connectivity index (χ2n) is 8.13. The molecule has 0 saturated heterocycles. The number of aromatic nitrogens is 2. The molecule has 3 aromatic rings. The van der Waals surface area contributed by atoms with Crippen molar-refractivity contribution in [3.05, 3.63) is 64.7 Å². The van der Waals surface area contributed by atoms with Crippen molar-refractivity contribution in [3.63, 3.8) is 0 Å². The van der Waals surface area contributed by atoms with Crippen LogP contribution in [0, 0.1) is 18.3 Å². The van der Waals surface area contributed by atoms with Gasteiger partial charge in [0.2, 0.25) is 0 Å². The molecule has 3 N–H and O–H groups in total. The number of nitrogens with zero attached hydrogens (tertiary/aromatic N) is 3. The molecule has 0 atom stereocenters. The molecule has 7 nitrogen and oxygen atoms in total. The molecular formula is C25H27N5O2. The number of carbonyl (C=O) groups is 1. The largest absolute Gasteiger partial charge is 0.496 e. The molecule has 1 heterocycles. The lowest BCUT2D eigenvalue weighted by Crippen LogP contribution is -2.23. The van der Waals surface area contributed by atoms with Crippen LogP contribution in [0.1, 0.15) is 58.8 Å². The smallest absolute Gasteiger partial charge is 0.255 e. The van der Waals surface area contributed by atoms with Crippen molar-refractivity contribution in [1.82, 2.24) is 15.1 Å². The molecular weight excluding hydrogens is 402 g/mol. The van der Waals surface area contributed by atoms with Gasteiger partial charge in [-0.2, -0.15) is 10.4 Å². The third-order valence-electron chi connectivity index (χ3n) is 6.14. The van der Waals surface area contributed by atoms with Crippen molar-refractivity contribution in [2.45, 2.75) is 45.2 Å². The molecule has 2 aromatic carbocycles. The Hall–Kier alpha value is -3.79. The lowest BCUT2D eigenvalue weighted by molar-refractivity contribution is 0.0948. The molecule has 7 heteroatoms. The molecule has 1 aliphatic rings. The molecule has 32 heavy (non-hydrogen) atoms. The number of hydrogen-bond acceptors (Lipinski definition) is 5. The highest BCUT2D eigenvalue weighted by Gasteiger charge is 2.25. The number of nitriles is 1. The van der Waals surface area contributed by atoms with E-state index in [1.54, 1.807) is 25.3 Å². The number of para-hydroxylation sites is 1. The molecule has 1 aromatic heterocycles. The number of nitrogens with one attached hydrogen (secondary N) is 1. The van der Waals surface area contributed by atoms with Gasteiger partial charge in [0.1, 0.15) is 28.9 Å². The molecule has 0 spiro atoms. The van der Waals surface area contributed by atoms with Crippen LogP contribution >= 0.6 is 0 Å². The zero-order chi connectivity index (χ0) is 22.7. The summed E-state index contributed by atoms with van der Waals surface area (Å²) in [5.74, 6) is 0.789. The van der Waals surface area contributed by atoms with Crippen LogP contribution in [0.25, 0.3) is 11.3 Å². The van der Waals surface area contributed by atoms with E-state index in [1.807, 2.05) is 35.9 Å². The molecule has 0 radical (unpaired) electrons. The highest BCUT2D eigenvalue weighted by Crippen LogP contribution is 2.35. The number of methoxy groups -OCH3 is 1. The first-order chi connectivity index (χ1) is 15.5. The van der Waals surface area contributed by atoms with Gasteiger partial charge in [0.25, 0.3) is 5.91 Å². The minimum Gasteiger partial charge on any atom is -0.496 e. The van der Waals surface area contributed by atoms with Gasteiger partial charge in [-0.05, 0) is 49.1 Å². The summed E-state index contributed by atoms with van der Waals surface area (Å²) in [5, 5.41) is 17.4. The van der Waals surface area contributed by atoms with E-state index in [0.717, 1.165) is 42.4 Å². The Kier molecular flexibility index (Phi) is 6.13. The van der Waals surface area contributed by atoms with Crippen molar-refractivity contribution in [2.75, 3.05) is 12.8 Å². The molecule has 0 aliphatic heterocycles. The van der Waals surface area contributed by atoms with Crippen LogP contribution in [0.2, 0.25) is 0 Å². The van der Waals surface area contributed by atoms with Crippen LogP contribution < -0.4 is 15.8 Å². The summed E-state index contributed by atoms with van der Waals surface area (Å²) in [5.41, 5.74) is 10.7. The summed E-state index contributed by atoms with van der Waals surface area (Å²) in [4.78, 5) is 12.6. The second-order valence-corrected chi connectivity index (χ2v) is 8.13. The van der Waals surface area contributed by atoms with Crippen LogP contribution in [0.5, 0.6) is 5.75 Å². The zero-order valence-electron chi connectivity index (χ0n) is 18.4. The second kappa shape index (κ2) is 9.15. The molecule has 1 fully saturated rings. The SMILES string of the molecule is COc1ccccc1C(=O)NCc1ccc(-c2nn(C3CCCC3)c(N)c2C#N)cc1C. The summed E-state index contributed by atoms with van der Waals surface area (Å²) in [6, 6.07) is 15.5. The van der Waals surface area contributed by atoms with Crippen molar-refractivity contribution >= 4 is 11.7 Å². The monoisotopic (exact) mass is 429 g/mol. The van der Waals surface area contributed by atoms with Gasteiger partial charge in [-0.15, -0.1) is 0 Å². The summed E-state index contributed by atoms with van der Waals surface area (Å²) in [6.07, 6.45) is 4.41. The van der Waals surface area contributed by atoms with Gasteiger partial charge in [0, 0.05) is 12.1 Å². The minimum absolute atomic E-state index is 0.194. The molecule has 0 bridgehead atoms. The quantitative estimate of drug-likeness (QED) is 0.605. The maximum absolute atomic E-state index is 12.6. The number of rotatable bonds is 6. The third kappa shape index (κ3) is 4.04. The normalized spacial score (nSPS) is 13.7. The lowest BCUT2D eigenvalue weighted by Gasteiger charge is -2.12. The standard InChI is InChI=1S/C25H27N5O2/c1-16-13-17(23-21(14-26)24(27)30(29-23)19-7-3-4-8-19)11-12-18(16)15-28-25(31)20-9-5-6-10-22(20)32-2/h5-6,9-13,19H,3-4,7-8,15,27H2,1-2H3,(H,28,31). The van der Waals surface area contributed by atoms with E-state index in [-0.39, 0.29) is 11.9 Å². The number of carbonyl (C=O) groups excluding carboxylic acids is 1. The fourth-order valence-corrected chi connectivity index (χ4v) is 4.33. The average Bonchev–Trinajstić information content (AvgIpc) is 3.45. The number of ether oxygens (including phenoxy) is 1. The summed E-state index contributed by atoms with van der Waals surface area (Å²) in [6.45, 7) is 2.37. The summed E-state index contributed by atoms with van der Waals surface area (Å²) < 4.78 is 7.10. The van der Waals surface area contributed by atoms with Crippen molar-refractivity contribution < 1.29 is 9.53 Å². The van der Waals surface area contributed by atoms with Gasteiger partial charge < -0.3 is 15.8 Å². The van der Waals surface area contributed by atoms with Crippen LogP contribution in [-0.2, 0) is 6.54 Å². The number of benzene rings is 2. The topological polar surface area (TPSA) is 106 Å². The van der Waals surface area contributed by atoms with Crippen molar-refractivity contribution in [3.8, 4) is 23.1 Å². The highest BCUT2D eigenvalue weighted by atomic mass is 16.5. The Morgan fingerprint density at radius 3 is 2.72 bits per heavy atom. The van der Waals surface area contributed by atoms with E-state index in [4.69, 9.17) is 15.6 Å². The Bertz CT molecular complexity index is 1190. The van der Waals surface area contributed by atoms with Crippen molar-refractivity contribution in [2.24, 2.45) is 0 Å². The van der Waals surface area contributed by atoms with E-state index in [9.17, 15) is 10.1 Å². The fraction of sp³-hybridized carbons (Fsp3) is 0.320. The highest BCUT2D eigenvalue weighted by molar-refractivity contribution is 5.96. The van der Waals surface area contributed by atoms with Crippen LogP contribution in [-0.4, -0.2) is 22.8 Å². The van der Waals surface area contributed by atoms with Gasteiger partial charge >= 0.3 is 0 Å². The number of nitrogens with two attached hydrogens (primary N) is 1. The van der Waals surface area contributed by atoms with Crippen LogP contribution in [0.3, 0.4) is 0 Å². The lowest BCUT2D eigenvalue weighted by atomic mass is 10.0. The molecule has 164 valence electrons. The van der Waals surface area contributed by atoms with E-state index >= 15 is 0 Å². The number of anilines is 1. The maximum atomic E-state index is 12.6. The van der Waals surface area contributed by atoms with E-state index < -0.39 is 0 Å². The van der Waals surface area contributed by atoms with Gasteiger partial charge in [-0.1, -0.05) is 37.1 Å². The van der Waals surface area contributed by atoms with E-state index in [2.05, 4.69) is 11.4 Å². The average molecular weight is 430 g/mol. The zero-order valence-corrected chi connectivity index (χ0v) is 18.4. The van der Waals surface area contributed by atoms with Gasteiger partial charge in [0.05, 0.1) is 18.7 Å². The first-order valence-electron chi connectivity index (χ1n) is 10.8. The number of nitrogen functional groups attached to an aromatic ring is 1. The van der Waals surface area contributed by atoms with E-state index in [1.165, 1.54) is 0 Å². The van der Waals surface area contributed by atoms with Crippen molar-refractivity contribution in [1.29, 1.82) is 5.26 Å². The maximum Gasteiger partial charge on any atom is 0.255 e. The predicted molar refractivity (Wildman–Crippen MR) is 123 cm³/mol. The third-order valence-corrected chi connectivity index (χ3v) is 6.14. The number of hydrogen-bond donors (Lipinski definition) is 2. The Labute approximate surface area is 187 Å². The first-order valence-corrected chi connectivity index (χ1v) is 10.8. The van der Waals surface area contributed by atoms with Crippen LogP contribution in [0.15, 0.2) is 42.5 Å². The molecule has 1 saturated carbocycles. The Morgan fingerprint density at radius 1 is 1.28 bits per heavy atom. The van der Waals surface area contributed by atoms with Gasteiger partial charge in [-0.3, -0.25) is 4.79 Å². The van der Waals surface area contributed by atoms with E-state index in [0.29, 0.717) is 34.9 Å². The summed E-state index contributed by atoms with van der Waals surface area (Å²) in [7, 11) is 1.55. The first kappa shape index (κ1) is 21.4. The minimum atomic E-state index is -0.194. The van der Waals surface area contributed by atoms with Crippen LogP contribution in [0.4, 0.5) is 5.82 Å². The molecule has 4 rings (SSSR count). The predicted octanol–water partition coefficient (Wildman–Crippen LogP) is 4.37. The Morgan fingerprint density at radius 2 is 2.03 bits per heavy atom. The number of aryl methyl sites for hydroxylation is 1. The van der Waals surface area contributed by atoms with Gasteiger partial charge in [-0.25, -0.2) is 4.68 Å². The molecule has 0 unspecified atom stereocenters.